The molecule has 2 heterocycles. The minimum atomic E-state index is -1.10. The number of ether oxygens (including phenoxy) is 2. The van der Waals surface area contributed by atoms with Gasteiger partial charge in [-0.25, -0.2) is 9.59 Å². The minimum absolute atomic E-state index is 0.00131. The summed E-state index contributed by atoms with van der Waals surface area (Å²) in [5.74, 6) is 1.56. The van der Waals surface area contributed by atoms with Crippen LogP contribution in [0.15, 0.2) is 29.8 Å². The molecule has 2 saturated heterocycles. The fraction of sp³-hybridized carbons (Fsp3) is 0.353. The number of fused-ring (bicyclic) bond motifs is 1. The largest absolute Gasteiger partial charge is 0.497 e. The molecule has 1 aromatic carbocycles. The average molecular weight is 376 g/mol. The molecule has 2 amide bonds. The maximum absolute atomic E-state index is 12.5. The molecule has 1 N–H and O–H groups in total. The van der Waals surface area contributed by atoms with Crippen LogP contribution in [0, 0.1) is 0 Å². The molecule has 1 aromatic rings. The summed E-state index contributed by atoms with van der Waals surface area (Å²) in [7, 11) is 1.55. The van der Waals surface area contributed by atoms with E-state index in [9.17, 15) is 19.2 Å². The van der Waals surface area contributed by atoms with Gasteiger partial charge in [0.2, 0.25) is 12.3 Å². The van der Waals surface area contributed by atoms with E-state index in [0.717, 1.165) is 5.56 Å². The number of benzene rings is 1. The maximum atomic E-state index is 12.5. The molecule has 3 atom stereocenters. The first kappa shape index (κ1) is 18.0. The van der Waals surface area contributed by atoms with E-state index in [1.54, 1.807) is 37.3 Å². The van der Waals surface area contributed by atoms with E-state index in [4.69, 9.17) is 9.47 Å². The summed E-state index contributed by atoms with van der Waals surface area (Å²) in [6.07, 6.45) is 0.447. The standard InChI is InChI=1S/C17H16N2O6S/c1-24-12-4-2-10(3-5-12)7-25-17(23)14-11(6-20)8-26-16-13(18-9-21)15(22)19(14)16/h2-5,9,13-14,16H,7-8H2,1H3,(H,18,21)/t13?,14?,16-/m0/s1. The fourth-order valence-corrected chi connectivity index (χ4v) is 4.22. The third-order valence-corrected chi connectivity index (χ3v) is 5.56. The zero-order chi connectivity index (χ0) is 18.7. The van der Waals surface area contributed by atoms with E-state index in [0.29, 0.717) is 12.2 Å². The number of carbonyl (C=O) groups is 3. The fourth-order valence-electron chi connectivity index (χ4n) is 2.88. The number of hydrogen-bond donors (Lipinski definition) is 1. The number of nitrogens with one attached hydrogen (secondary N) is 1. The molecule has 2 aliphatic heterocycles. The Bertz CT molecular complexity index is 774. The van der Waals surface area contributed by atoms with Crippen LogP contribution in [0.2, 0.25) is 0 Å². The molecule has 9 heteroatoms. The van der Waals surface area contributed by atoms with Gasteiger partial charge in [0.25, 0.3) is 0 Å². The van der Waals surface area contributed by atoms with Crippen LogP contribution in [0.25, 0.3) is 0 Å². The molecule has 2 unspecified atom stereocenters. The number of nitrogens with zero attached hydrogens (tertiary/aromatic N) is 1. The number of rotatable bonds is 6. The van der Waals surface area contributed by atoms with Crippen molar-refractivity contribution in [3.8, 4) is 5.75 Å². The first-order valence-corrected chi connectivity index (χ1v) is 8.82. The Hall–Kier alpha value is -2.77. The number of methoxy groups -OCH3 is 1. The van der Waals surface area contributed by atoms with Crippen LogP contribution in [-0.2, 0) is 30.5 Å². The van der Waals surface area contributed by atoms with Crippen LogP contribution in [-0.4, -0.2) is 59.4 Å². The van der Waals surface area contributed by atoms with Gasteiger partial charge in [0.15, 0.2) is 6.04 Å². The lowest BCUT2D eigenvalue weighted by Gasteiger charge is -2.51. The minimum Gasteiger partial charge on any atom is -0.497 e. The van der Waals surface area contributed by atoms with Gasteiger partial charge in [-0.2, -0.15) is 0 Å². The molecular formula is C17H16N2O6S. The monoisotopic (exact) mass is 376 g/mol. The van der Waals surface area contributed by atoms with Gasteiger partial charge < -0.3 is 19.7 Å². The zero-order valence-electron chi connectivity index (χ0n) is 13.8. The number of hydrogen-bond acceptors (Lipinski definition) is 7. The van der Waals surface area contributed by atoms with Gasteiger partial charge in [0.05, 0.1) is 12.7 Å². The van der Waals surface area contributed by atoms with Gasteiger partial charge in [-0.15, -0.1) is 11.8 Å². The van der Waals surface area contributed by atoms with Gasteiger partial charge in [-0.3, -0.25) is 9.59 Å². The molecular weight excluding hydrogens is 360 g/mol. The van der Waals surface area contributed by atoms with Crippen LogP contribution in [0.5, 0.6) is 5.75 Å². The van der Waals surface area contributed by atoms with Crippen molar-refractivity contribution in [3.63, 3.8) is 0 Å². The van der Waals surface area contributed by atoms with Crippen molar-refractivity contribution in [2.24, 2.45) is 0 Å². The van der Waals surface area contributed by atoms with E-state index >= 15 is 0 Å². The van der Waals surface area contributed by atoms with Crippen LogP contribution < -0.4 is 10.1 Å². The second-order valence-corrected chi connectivity index (χ2v) is 6.80. The molecule has 0 spiro atoms. The smallest absolute Gasteiger partial charge is 0.334 e. The van der Waals surface area contributed by atoms with E-state index in [-0.39, 0.29) is 17.9 Å². The Morgan fingerprint density at radius 1 is 1.42 bits per heavy atom. The Kier molecular flexibility index (Phi) is 5.29. The van der Waals surface area contributed by atoms with Crippen molar-refractivity contribution in [2.45, 2.75) is 24.1 Å². The summed E-state index contributed by atoms with van der Waals surface area (Å²) < 4.78 is 10.4. The number of esters is 1. The Labute approximate surface area is 153 Å². The SMILES string of the molecule is COc1ccc(COC(=O)C2C(=C=O)CS[C@H]3C(NC=O)C(=O)N23)cc1. The van der Waals surface area contributed by atoms with Gasteiger partial charge in [0.1, 0.15) is 29.7 Å². The van der Waals surface area contributed by atoms with Crippen LogP contribution >= 0.6 is 11.8 Å². The first-order chi connectivity index (χ1) is 12.6. The van der Waals surface area contributed by atoms with Crippen molar-refractivity contribution in [2.75, 3.05) is 12.9 Å². The Morgan fingerprint density at radius 2 is 2.15 bits per heavy atom. The second-order valence-electron chi connectivity index (χ2n) is 5.69. The highest BCUT2D eigenvalue weighted by Crippen LogP contribution is 2.39. The Balaban J connectivity index is 1.70. The predicted octanol–water partition coefficient (Wildman–Crippen LogP) is -0.105. The lowest BCUT2D eigenvalue weighted by atomic mass is 9.98. The van der Waals surface area contributed by atoms with Crippen molar-refractivity contribution in [1.29, 1.82) is 0 Å². The molecule has 0 saturated carbocycles. The van der Waals surface area contributed by atoms with Crippen molar-refractivity contribution < 1.29 is 28.7 Å². The van der Waals surface area contributed by atoms with Gasteiger partial charge >= 0.3 is 5.97 Å². The summed E-state index contributed by atoms with van der Waals surface area (Å²) in [6, 6.07) is 5.18. The highest BCUT2D eigenvalue weighted by atomic mass is 32.2. The second kappa shape index (κ2) is 7.63. The molecule has 0 bridgehead atoms. The highest BCUT2D eigenvalue weighted by Gasteiger charge is 2.56. The quantitative estimate of drug-likeness (QED) is 0.320. The van der Waals surface area contributed by atoms with Crippen LogP contribution in [0.3, 0.4) is 0 Å². The predicted molar refractivity (Wildman–Crippen MR) is 91.9 cm³/mol. The molecule has 26 heavy (non-hydrogen) atoms. The summed E-state index contributed by atoms with van der Waals surface area (Å²) in [4.78, 5) is 47.8. The third-order valence-electron chi connectivity index (χ3n) is 4.24. The van der Waals surface area contributed by atoms with E-state index in [1.165, 1.54) is 16.7 Å². The van der Waals surface area contributed by atoms with Gasteiger partial charge in [-0.1, -0.05) is 12.1 Å². The average Bonchev–Trinajstić information content (AvgIpc) is 2.69. The van der Waals surface area contributed by atoms with E-state index in [2.05, 4.69) is 5.32 Å². The van der Waals surface area contributed by atoms with Crippen LogP contribution in [0.4, 0.5) is 0 Å². The summed E-state index contributed by atoms with van der Waals surface area (Å²) in [5.41, 5.74) is 0.900. The Morgan fingerprint density at radius 3 is 2.77 bits per heavy atom. The lowest BCUT2D eigenvalue weighted by molar-refractivity contribution is -0.163. The van der Waals surface area contributed by atoms with E-state index in [1.807, 2.05) is 0 Å². The summed E-state index contributed by atoms with van der Waals surface area (Å²) >= 11 is 1.30. The molecule has 0 aromatic heterocycles. The highest BCUT2D eigenvalue weighted by molar-refractivity contribution is 8.00. The zero-order valence-corrected chi connectivity index (χ0v) is 14.7. The van der Waals surface area contributed by atoms with Crippen LogP contribution in [0.1, 0.15) is 5.56 Å². The number of amides is 2. The number of carbonyl (C=O) groups excluding carboxylic acids is 4. The molecule has 0 radical (unpaired) electrons. The normalized spacial score (nSPS) is 24.0. The molecule has 3 rings (SSSR count). The van der Waals surface area contributed by atoms with Crippen molar-refractivity contribution in [3.05, 3.63) is 35.4 Å². The summed E-state index contributed by atoms with van der Waals surface area (Å²) in [6.45, 7) is 0.00131. The maximum Gasteiger partial charge on any atom is 0.334 e. The molecule has 8 nitrogen and oxygen atoms in total. The van der Waals surface area contributed by atoms with Gasteiger partial charge in [0, 0.05) is 5.75 Å². The summed E-state index contributed by atoms with van der Waals surface area (Å²) in [5, 5.41) is 2.03. The number of thioether (sulfide) groups is 1. The van der Waals surface area contributed by atoms with Crippen molar-refractivity contribution >= 4 is 36.0 Å². The third kappa shape index (κ3) is 3.18. The lowest BCUT2D eigenvalue weighted by Crippen LogP contribution is -2.74. The van der Waals surface area contributed by atoms with E-state index < -0.39 is 29.3 Å². The topological polar surface area (TPSA) is 102 Å². The number of β-lactam (4-membered cyclic amide) rings is 1. The molecule has 2 fully saturated rings. The molecule has 136 valence electrons. The molecule has 0 aliphatic carbocycles. The van der Waals surface area contributed by atoms with Crippen molar-refractivity contribution in [1.82, 2.24) is 10.2 Å². The molecule has 2 aliphatic rings. The van der Waals surface area contributed by atoms with Gasteiger partial charge in [-0.05, 0) is 17.7 Å². The first-order valence-electron chi connectivity index (χ1n) is 7.77.